The molecule has 0 amide bonds. The zero-order valence-corrected chi connectivity index (χ0v) is 11.2. The van der Waals surface area contributed by atoms with Crippen LogP contribution in [-0.4, -0.2) is 9.97 Å². The lowest BCUT2D eigenvalue weighted by Gasteiger charge is -2.09. The number of nitrogens with zero attached hydrogens (tertiary/aromatic N) is 1. The van der Waals surface area contributed by atoms with E-state index in [2.05, 4.69) is 31.2 Å². The first kappa shape index (κ1) is 11.8. The molecule has 0 bridgehead atoms. The summed E-state index contributed by atoms with van der Waals surface area (Å²) in [5, 5.41) is 4.32. The van der Waals surface area contributed by atoms with Crippen LogP contribution in [0.3, 0.4) is 0 Å². The lowest BCUT2D eigenvalue weighted by molar-refractivity contribution is 1.07. The first-order valence-electron chi connectivity index (χ1n) is 4.52. The van der Waals surface area contributed by atoms with E-state index in [1.54, 1.807) is 24.7 Å². The van der Waals surface area contributed by atoms with Gasteiger partial charge in [0.25, 0.3) is 0 Å². The highest BCUT2D eigenvalue weighted by molar-refractivity contribution is 9.10. The molecule has 1 aromatic heterocycles. The Morgan fingerprint density at radius 2 is 2.00 bits per heavy atom. The van der Waals surface area contributed by atoms with Crippen molar-refractivity contribution in [2.45, 2.75) is 6.54 Å². The van der Waals surface area contributed by atoms with Crippen LogP contribution >= 0.6 is 39.1 Å². The molecule has 6 heteroatoms. The first-order chi connectivity index (χ1) is 7.66. The van der Waals surface area contributed by atoms with E-state index in [0.29, 0.717) is 16.6 Å². The van der Waals surface area contributed by atoms with Crippen molar-refractivity contribution in [1.82, 2.24) is 9.97 Å². The number of benzene rings is 1. The van der Waals surface area contributed by atoms with Gasteiger partial charge in [0.15, 0.2) is 0 Å². The Labute approximate surface area is 111 Å². The highest BCUT2D eigenvalue weighted by Gasteiger charge is 2.07. The molecule has 3 nitrogen and oxygen atoms in total. The topological polar surface area (TPSA) is 40.7 Å². The molecule has 2 N–H and O–H groups in total. The van der Waals surface area contributed by atoms with Crippen LogP contribution in [-0.2, 0) is 6.54 Å². The number of aromatic amines is 1. The molecule has 0 saturated heterocycles. The van der Waals surface area contributed by atoms with Crippen LogP contribution in [0.1, 0.15) is 5.69 Å². The van der Waals surface area contributed by atoms with Crippen LogP contribution in [0.15, 0.2) is 29.1 Å². The van der Waals surface area contributed by atoms with Crippen LogP contribution in [0.2, 0.25) is 10.0 Å². The maximum atomic E-state index is 6.07. The summed E-state index contributed by atoms with van der Waals surface area (Å²) < 4.78 is 0.856. The molecule has 0 spiro atoms. The van der Waals surface area contributed by atoms with Gasteiger partial charge < -0.3 is 10.3 Å². The molecule has 0 saturated carbocycles. The van der Waals surface area contributed by atoms with Crippen LogP contribution in [0.25, 0.3) is 0 Å². The second-order valence-electron chi connectivity index (χ2n) is 3.17. The van der Waals surface area contributed by atoms with Gasteiger partial charge in [-0.3, -0.25) is 0 Å². The van der Waals surface area contributed by atoms with E-state index in [0.717, 1.165) is 15.9 Å². The van der Waals surface area contributed by atoms with Crippen LogP contribution < -0.4 is 5.32 Å². The predicted molar refractivity (Wildman–Crippen MR) is 70.1 cm³/mol. The molecule has 0 unspecified atom stereocenters. The second-order valence-corrected chi connectivity index (χ2v) is 4.90. The van der Waals surface area contributed by atoms with E-state index in [1.807, 2.05) is 0 Å². The van der Waals surface area contributed by atoms with Crippen molar-refractivity contribution >= 4 is 44.8 Å². The molecule has 0 aliphatic heterocycles. The number of H-pyrrole nitrogens is 1. The van der Waals surface area contributed by atoms with E-state index in [1.165, 1.54) is 0 Å². The van der Waals surface area contributed by atoms with Gasteiger partial charge in [0.05, 0.1) is 34.3 Å². The number of rotatable bonds is 3. The molecule has 0 aliphatic rings. The van der Waals surface area contributed by atoms with Crippen LogP contribution in [0, 0.1) is 0 Å². The average molecular weight is 321 g/mol. The van der Waals surface area contributed by atoms with Gasteiger partial charge in [0.2, 0.25) is 0 Å². The normalized spacial score (nSPS) is 10.4. The standard InChI is InChI=1S/C10H8BrCl2N3/c11-6-1-8(12)10(9(13)2-6)15-4-7-3-14-5-16-7/h1-3,5,15H,4H2,(H,14,16). The molecular formula is C10H8BrCl2N3. The lowest BCUT2D eigenvalue weighted by Crippen LogP contribution is -2.00. The number of hydrogen-bond acceptors (Lipinski definition) is 2. The van der Waals surface area contributed by atoms with Crippen molar-refractivity contribution in [2.75, 3.05) is 5.32 Å². The van der Waals surface area contributed by atoms with E-state index < -0.39 is 0 Å². The first-order valence-corrected chi connectivity index (χ1v) is 6.07. The summed E-state index contributed by atoms with van der Waals surface area (Å²) >= 11 is 15.5. The van der Waals surface area contributed by atoms with Gasteiger partial charge in [-0.05, 0) is 12.1 Å². The zero-order chi connectivity index (χ0) is 11.5. The molecule has 0 radical (unpaired) electrons. The number of anilines is 1. The minimum absolute atomic E-state index is 0.582. The third kappa shape index (κ3) is 2.70. The monoisotopic (exact) mass is 319 g/mol. The quantitative estimate of drug-likeness (QED) is 0.894. The summed E-state index contributed by atoms with van der Waals surface area (Å²) in [4.78, 5) is 6.91. The Balaban J connectivity index is 2.15. The Morgan fingerprint density at radius 3 is 2.56 bits per heavy atom. The van der Waals surface area contributed by atoms with Crippen molar-refractivity contribution in [3.8, 4) is 0 Å². The molecule has 0 atom stereocenters. The molecular weight excluding hydrogens is 313 g/mol. The highest BCUT2D eigenvalue weighted by Crippen LogP contribution is 2.33. The third-order valence-electron chi connectivity index (χ3n) is 2.02. The molecule has 84 valence electrons. The molecule has 1 heterocycles. The lowest BCUT2D eigenvalue weighted by atomic mass is 10.3. The summed E-state index contributed by atoms with van der Waals surface area (Å²) in [5.41, 5.74) is 1.69. The summed E-state index contributed by atoms with van der Waals surface area (Å²) in [5.74, 6) is 0. The maximum Gasteiger partial charge on any atom is 0.0922 e. The van der Waals surface area contributed by atoms with Gasteiger partial charge in [-0.15, -0.1) is 0 Å². The Bertz CT molecular complexity index is 462. The van der Waals surface area contributed by atoms with Gasteiger partial charge >= 0.3 is 0 Å². The average Bonchev–Trinajstić information content (AvgIpc) is 2.68. The van der Waals surface area contributed by atoms with Gasteiger partial charge in [-0.25, -0.2) is 4.98 Å². The van der Waals surface area contributed by atoms with Gasteiger partial charge in [0.1, 0.15) is 0 Å². The highest BCUT2D eigenvalue weighted by atomic mass is 79.9. The summed E-state index contributed by atoms with van der Waals surface area (Å²) in [6.07, 6.45) is 3.37. The van der Waals surface area contributed by atoms with Crippen LogP contribution in [0.5, 0.6) is 0 Å². The molecule has 1 aromatic carbocycles. The van der Waals surface area contributed by atoms with E-state index in [-0.39, 0.29) is 0 Å². The molecule has 16 heavy (non-hydrogen) atoms. The van der Waals surface area contributed by atoms with Gasteiger partial charge in [-0.1, -0.05) is 39.1 Å². The van der Waals surface area contributed by atoms with E-state index in [4.69, 9.17) is 23.2 Å². The number of nitrogens with one attached hydrogen (secondary N) is 2. The maximum absolute atomic E-state index is 6.07. The van der Waals surface area contributed by atoms with Crippen molar-refractivity contribution in [3.63, 3.8) is 0 Å². The minimum atomic E-state index is 0.582. The molecule has 2 rings (SSSR count). The van der Waals surface area contributed by atoms with E-state index >= 15 is 0 Å². The summed E-state index contributed by atoms with van der Waals surface area (Å²) in [7, 11) is 0. The molecule has 2 aromatic rings. The van der Waals surface area contributed by atoms with E-state index in [9.17, 15) is 0 Å². The molecule has 0 fully saturated rings. The van der Waals surface area contributed by atoms with Crippen molar-refractivity contribution in [2.24, 2.45) is 0 Å². The number of hydrogen-bond donors (Lipinski definition) is 2. The number of aromatic nitrogens is 2. The summed E-state index contributed by atoms with van der Waals surface area (Å²) in [6, 6.07) is 3.59. The van der Waals surface area contributed by atoms with Crippen molar-refractivity contribution in [1.29, 1.82) is 0 Å². The fraction of sp³-hybridized carbons (Fsp3) is 0.100. The van der Waals surface area contributed by atoms with Crippen molar-refractivity contribution < 1.29 is 0 Å². The van der Waals surface area contributed by atoms with Gasteiger partial charge in [0, 0.05) is 10.7 Å². The fourth-order valence-electron chi connectivity index (χ4n) is 1.28. The van der Waals surface area contributed by atoms with Crippen molar-refractivity contribution in [3.05, 3.63) is 44.9 Å². The fourth-order valence-corrected chi connectivity index (χ4v) is 2.62. The Morgan fingerprint density at radius 1 is 1.31 bits per heavy atom. The number of halogens is 3. The zero-order valence-electron chi connectivity index (χ0n) is 8.10. The Hall–Kier alpha value is -0.710. The predicted octanol–water partition coefficient (Wildman–Crippen LogP) is 4.09. The van der Waals surface area contributed by atoms with Crippen LogP contribution in [0.4, 0.5) is 5.69 Å². The second kappa shape index (κ2) is 5.08. The SMILES string of the molecule is Clc1cc(Br)cc(Cl)c1NCc1cnc[nH]1. The third-order valence-corrected chi connectivity index (χ3v) is 3.07. The molecule has 0 aliphatic carbocycles. The Kier molecular flexibility index (Phi) is 3.74. The smallest absolute Gasteiger partial charge is 0.0922 e. The number of imidazole rings is 1. The van der Waals surface area contributed by atoms with Gasteiger partial charge in [-0.2, -0.15) is 0 Å². The summed E-state index contributed by atoms with van der Waals surface area (Å²) in [6.45, 7) is 0.598. The minimum Gasteiger partial charge on any atom is -0.377 e. The largest absolute Gasteiger partial charge is 0.377 e.